The Morgan fingerprint density at radius 1 is 1.33 bits per heavy atom. The van der Waals surface area contributed by atoms with E-state index in [1.165, 1.54) is 11.6 Å². The van der Waals surface area contributed by atoms with E-state index in [1.54, 1.807) is 12.1 Å². The molecule has 0 bridgehead atoms. The van der Waals surface area contributed by atoms with Crippen molar-refractivity contribution in [1.82, 2.24) is 15.8 Å². The molecule has 0 fully saturated rings. The first kappa shape index (κ1) is 22.7. The molecule has 0 aromatic heterocycles. The summed E-state index contributed by atoms with van der Waals surface area (Å²) in [6, 6.07) is 0. The molecule has 5 nitrogen and oxygen atoms in total. The number of nitrogens with one attached hydrogen (secondary N) is 2. The third-order valence-corrected chi connectivity index (χ3v) is 4.30. The fourth-order valence-corrected chi connectivity index (χ4v) is 2.94. The molecule has 1 amide bonds. The number of nitrogens with zero attached hydrogens (tertiary/aromatic N) is 1. The molecule has 0 aliphatic carbocycles. The molecule has 1 aliphatic heterocycles. The van der Waals surface area contributed by atoms with Crippen LogP contribution < -0.4 is 16.5 Å². The van der Waals surface area contributed by atoms with Crippen LogP contribution in [0.3, 0.4) is 0 Å². The number of carbonyl (C=O) groups is 1. The number of hydrogen-bond donors (Lipinski definition) is 3. The lowest BCUT2D eigenvalue weighted by Gasteiger charge is -2.32. The smallest absolute Gasteiger partial charge is 0.268 e. The highest BCUT2D eigenvalue weighted by Crippen LogP contribution is 2.27. The van der Waals surface area contributed by atoms with E-state index in [2.05, 4.69) is 37.2 Å². The van der Waals surface area contributed by atoms with E-state index < -0.39 is 0 Å². The molecule has 0 unspecified atom stereocenters. The van der Waals surface area contributed by atoms with Crippen LogP contribution >= 0.6 is 0 Å². The molecule has 0 saturated heterocycles. The Bertz CT molecular complexity index is 680. The van der Waals surface area contributed by atoms with Crippen molar-refractivity contribution >= 4 is 5.91 Å². The van der Waals surface area contributed by atoms with Crippen LogP contribution in [0.4, 0.5) is 0 Å². The van der Waals surface area contributed by atoms with Gasteiger partial charge < -0.3 is 11.1 Å². The van der Waals surface area contributed by atoms with Crippen molar-refractivity contribution < 1.29 is 4.79 Å². The fraction of sp³-hybridized carbons (Fsp3) is 0.409. The van der Waals surface area contributed by atoms with E-state index in [0.717, 1.165) is 48.3 Å². The first-order valence-corrected chi connectivity index (χ1v) is 9.61. The second-order valence-corrected chi connectivity index (χ2v) is 6.26. The number of hydrogen-bond acceptors (Lipinski definition) is 4. The van der Waals surface area contributed by atoms with E-state index in [0.29, 0.717) is 0 Å². The SMILES string of the molecule is C=C(/C=C\C=C/C)CCC(/C(=C/CC)CC)=C1/NC(CN)=CC(=O)N1NC. The molecular weight excluding hydrogens is 336 g/mol. The topological polar surface area (TPSA) is 70.4 Å². The number of hydrazine groups is 1. The number of allylic oxidation sites excluding steroid dienone is 8. The molecule has 0 aromatic carbocycles. The Hall–Kier alpha value is -2.37. The maximum Gasteiger partial charge on any atom is 0.268 e. The third kappa shape index (κ3) is 6.70. The van der Waals surface area contributed by atoms with Gasteiger partial charge in [-0.15, -0.1) is 0 Å². The average Bonchev–Trinajstić information content (AvgIpc) is 2.66. The zero-order valence-electron chi connectivity index (χ0n) is 17.1. The minimum atomic E-state index is -0.122. The maximum absolute atomic E-state index is 12.5. The van der Waals surface area contributed by atoms with Gasteiger partial charge in [-0.3, -0.25) is 4.79 Å². The van der Waals surface area contributed by atoms with Crippen molar-refractivity contribution in [2.75, 3.05) is 13.6 Å². The van der Waals surface area contributed by atoms with Crippen LogP contribution in [0.15, 0.2) is 71.3 Å². The van der Waals surface area contributed by atoms with Gasteiger partial charge in [-0.25, -0.2) is 10.4 Å². The van der Waals surface area contributed by atoms with Gasteiger partial charge in [0.15, 0.2) is 0 Å². The lowest BCUT2D eigenvalue weighted by molar-refractivity contribution is -0.127. The highest BCUT2D eigenvalue weighted by atomic mass is 16.2. The first-order valence-electron chi connectivity index (χ1n) is 9.61. The summed E-state index contributed by atoms with van der Waals surface area (Å²) in [5, 5.41) is 4.89. The highest BCUT2D eigenvalue weighted by molar-refractivity contribution is 5.90. The summed E-state index contributed by atoms with van der Waals surface area (Å²) in [5.74, 6) is 0.639. The van der Waals surface area contributed by atoms with E-state index >= 15 is 0 Å². The van der Waals surface area contributed by atoms with Crippen LogP contribution in [0.1, 0.15) is 46.5 Å². The zero-order valence-corrected chi connectivity index (χ0v) is 17.1. The van der Waals surface area contributed by atoms with Gasteiger partial charge in [0.25, 0.3) is 5.91 Å². The second kappa shape index (κ2) is 12.1. The number of amides is 1. The molecule has 1 heterocycles. The number of rotatable bonds is 10. The first-order chi connectivity index (χ1) is 13.0. The molecule has 0 spiro atoms. The van der Waals surface area contributed by atoms with Crippen molar-refractivity contribution in [1.29, 1.82) is 0 Å². The molecule has 4 N–H and O–H groups in total. The van der Waals surface area contributed by atoms with Crippen molar-refractivity contribution in [3.8, 4) is 0 Å². The third-order valence-electron chi connectivity index (χ3n) is 4.30. The Morgan fingerprint density at radius 3 is 2.63 bits per heavy atom. The number of carbonyl (C=O) groups excluding carboxylic acids is 1. The van der Waals surface area contributed by atoms with Crippen molar-refractivity contribution in [2.45, 2.75) is 46.5 Å². The second-order valence-electron chi connectivity index (χ2n) is 6.26. The molecule has 0 radical (unpaired) electrons. The predicted molar refractivity (Wildman–Crippen MR) is 114 cm³/mol. The summed E-state index contributed by atoms with van der Waals surface area (Å²) in [6.45, 7) is 10.7. The Balaban J connectivity index is 3.28. The molecule has 1 aliphatic rings. The van der Waals surface area contributed by atoms with Crippen LogP contribution in [0, 0.1) is 0 Å². The fourth-order valence-electron chi connectivity index (χ4n) is 2.94. The quantitative estimate of drug-likeness (QED) is 0.511. The molecule has 5 heteroatoms. The van der Waals surface area contributed by atoms with E-state index in [4.69, 9.17) is 5.73 Å². The van der Waals surface area contributed by atoms with E-state index in [-0.39, 0.29) is 12.5 Å². The van der Waals surface area contributed by atoms with Crippen LogP contribution in [0.2, 0.25) is 0 Å². The molecule has 0 saturated carbocycles. The van der Waals surface area contributed by atoms with Gasteiger partial charge in [0.2, 0.25) is 0 Å². The van der Waals surface area contributed by atoms with Crippen LogP contribution in [0.5, 0.6) is 0 Å². The van der Waals surface area contributed by atoms with Crippen molar-refractivity contribution in [2.24, 2.45) is 5.73 Å². The molecule has 0 atom stereocenters. The number of nitrogens with two attached hydrogens (primary N) is 1. The lowest BCUT2D eigenvalue weighted by Crippen LogP contribution is -2.48. The maximum atomic E-state index is 12.5. The van der Waals surface area contributed by atoms with E-state index in [9.17, 15) is 4.79 Å². The van der Waals surface area contributed by atoms with Crippen LogP contribution in [0.25, 0.3) is 0 Å². The zero-order chi connectivity index (χ0) is 20.2. The summed E-state index contributed by atoms with van der Waals surface area (Å²) < 4.78 is 0. The van der Waals surface area contributed by atoms with Gasteiger partial charge >= 0.3 is 0 Å². The van der Waals surface area contributed by atoms with Crippen molar-refractivity contribution in [3.63, 3.8) is 0 Å². The Kier molecular flexibility index (Phi) is 10.2. The average molecular weight is 371 g/mol. The molecule has 1 rings (SSSR count). The predicted octanol–water partition coefficient (Wildman–Crippen LogP) is 3.82. The highest BCUT2D eigenvalue weighted by Gasteiger charge is 2.25. The van der Waals surface area contributed by atoms with Gasteiger partial charge in [0.05, 0.1) is 0 Å². The normalized spacial score (nSPS) is 17.5. The summed E-state index contributed by atoms with van der Waals surface area (Å²) in [5.41, 5.74) is 12.9. The molecule has 27 heavy (non-hydrogen) atoms. The Labute approximate surface area is 164 Å². The largest absolute Gasteiger partial charge is 0.342 e. The van der Waals surface area contributed by atoms with Crippen LogP contribution in [-0.4, -0.2) is 24.5 Å². The van der Waals surface area contributed by atoms with Crippen LogP contribution in [-0.2, 0) is 4.79 Å². The Morgan fingerprint density at radius 2 is 2.07 bits per heavy atom. The van der Waals surface area contributed by atoms with Gasteiger partial charge in [-0.2, -0.15) is 0 Å². The van der Waals surface area contributed by atoms with Gasteiger partial charge in [-0.1, -0.05) is 56.4 Å². The minimum Gasteiger partial charge on any atom is -0.342 e. The summed E-state index contributed by atoms with van der Waals surface area (Å²) >= 11 is 0. The monoisotopic (exact) mass is 370 g/mol. The molecule has 148 valence electrons. The minimum absolute atomic E-state index is 0.122. The standard InChI is InChI=1S/C22H34N4O/c1-6-9-10-12-17(4)13-14-20(18(8-3)11-7-2)22-25-19(16-23)15-21(27)26(22)24-5/h6,9-12,15,24-25H,4,7-8,13-14,16,23H2,1-3,5H3/b9-6-,12-10-,18-11+,22-20+. The van der Waals surface area contributed by atoms with Gasteiger partial charge in [-0.05, 0) is 43.8 Å². The lowest BCUT2D eigenvalue weighted by atomic mass is 9.95. The molecular formula is C22H34N4O. The molecule has 0 aromatic rings. The van der Waals surface area contributed by atoms with E-state index in [1.807, 2.05) is 31.2 Å². The summed E-state index contributed by atoms with van der Waals surface area (Å²) in [4.78, 5) is 12.5. The summed E-state index contributed by atoms with van der Waals surface area (Å²) in [7, 11) is 1.74. The van der Waals surface area contributed by atoms with Gasteiger partial charge in [0.1, 0.15) is 5.82 Å². The van der Waals surface area contributed by atoms with Crippen molar-refractivity contribution in [3.05, 3.63) is 71.3 Å². The van der Waals surface area contributed by atoms with Gasteiger partial charge in [0, 0.05) is 25.4 Å². The summed E-state index contributed by atoms with van der Waals surface area (Å²) in [6.07, 6.45) is 15.2.